The molecule has 2 aromatic carbocycles. The van der Waals surface area contributed by atoms with Gasteiger partial charge in [0, 0.05) is 34.2 Å². The number of nitro groups is 1. The number of carbonyl (C=O) groups excluding carboxylic acids is 1. The molecule has 0 fully saturated rings. The lowest BCUT2D eigenvalue weighted by molar-refractivity contribution is -0.384. The number of hydrogen-bond donors (Lipinski definition) is 3. The van der Waals surface area contributed by atoms with Gasteiger partial charge < -0.3 is 16.2 Å². The molecule has 0 aliphatic carbocycles. The summed E-state index contributed by atoms with van der Waals surface area (Å²) in [7, 11) is 0. The predicted molar refractivity (Wildman–Crippen MR) is 93.9 cm³/mol. The summed E-state index contributed by atoms with van der Waals surface area (Å²) >= 11 is 1.33. The SMILES string of the molecule is C[C@@](O)(CSc1ccc(N)cc1)C(=O)Nc1ccc([N+](=O)[O-])cc1. The van der Waals surface area contributed by atoms with E-state index in [1.165, 1.54) is 43.0 Å². The molecule has 0 aromatic heterocycles. The Hall–Kier alpha value is -2.58. The zero-order valence-electron chi connectivity index (χ0n) is 12.9. The molecule has 1 amide bonds. The first-order chi connectivity index (χ1) is 11.3. The summed E-state index contributed by atoms with van der Waals surface area (Å²) in [6.07, 6.45) is 0. The minimum Gasteiger partial charge on any atom is -0.399 e. The van der Waals surface area contributed by atoms with Crippen molar-refractivity contribution in [1.82, 2.24) is 0 Å². The summed E-state index contributed by atoms with van der Waals surface area (Å²) in [5.41, 5.74) is 4.95. The van der Waals surface area contributed by atoms with Crippen molar-refractivity contribution in [3.05, 3.63) is 58.6 Å². The third-order valence-electron chi connectivity index (χ3n) is 3.23. The highest BCUT2D eigenvalue weighted by molar-refractivity contribution is 7.99. The molecule has 2 rings (SSSR count). The fourth-order valence-electron chi connectivity index (χ4n) is 1.79. The van der Waals surface area contributed by atoms with Gasteiger partial charge in [-0.25, -0.2) is 0 Å². The topological polar surface area (TPSA) is 118 Å². The van der Waals surface area contributed by atoms with Gasteiger partial charge in [-0.3, -0.25) is 14.9 Å². The van der Waals surface area contributed by atoms with E-state index >= 15 is 0 Å². The summed E-state index contributed by atoms with van der Waals surface area (Å²) in [4.78, 5) is 23.2. The molecule has 0 bridgehead atoms. The number of thioether (sulfide) groups is 1. The fourth-order valence-corrected chi connectivity index (χ4v) is 2.69. The van der Waals surface area contributed by atoms with Crippen molar-refractivity contribution in [1.29, 1.82) is 0 Å². The van der Waals surface area contributed by atoms with E-state index in [1.54, 1.807) is 12.1 Å². The third kappa shape index (κ3) is 4.71. The molecule has 0 saturated heterocycles. The minimum absolute atomic E-state index is 0.0707. The summed E-state index contributed by atoms with van der Waals surface area (Å²) in [5.74, 6) is -0.435. The van der Waals surface area contributed by atoms with Crippen LogP contribution in [0.4, 0.5) is 17.1 Å². The van der Waals surface area contributed by atoms with Crippen molar-refractivity contribution in [3.63, 3.8) is 0 Å². The Morgan fingerprint density at radius 2 is 1.83 bits per heavy atom. The maximum atomic E-state index is 12.2. The summed E-state index contributed by atoms with van der Waals surface area (Å²) in [6, 6.07) is 12.5. The molecule has 0 aliphatic rings. The molecule has 1 atom stereocenters. The highest BCUT2D eigenvalue weighted by Crippen LogP contribution is 2.25. The minimum atomic E-state index is -1.60. The summed E-state index contributed by atoms with van der Waals surface area (Å²) in [5, 5.41) is 23.5. The number of nitro benzene ring substituents is 1. The number of nitrogens with one attached hydrogen (secondary N) is 1. The monoisotopic (exact) mass is 347 g/mol. The summed E-state index contributed by atoms with van der Waals surface area (Å²) < 4.78 is 0. The molecule has 0 saturated carbocycles. The number of hydrogen-bond acceptors (Lipinski definition) is 6. The Labute approximate surface area is 143 Å². The Morgan fingerprint density at radius 3 is 2.38 bits per heavy atom. The van der Waals surface area contributed by atoms with Crippen LogP contribution < -0.4 is 11.1 Å². The molecule has 4 N–H and O–H groups in total. The number of non-ortho nitro benzene ring substituents is 1. The van der Waals surface area contributed by atoms with E-state index < -0.39 is 16.4 Å². The lowest BCUT2D eigenvalue weighted by atomic mass is 10.1. The largest absolute Gasteiger partial charge is 0.399 e. The van der Waals surface area contributed by atoms with Gasteiger partial charge in [0.2, 0.25) is 0 Å². The van der Waals surface area contributed by atoms with Crippen LogP contribution in [0, 0.1) is 10.1 Å². The van der Waals surface area contributed by atoms with Gasteiger partial charge in [-0.15, -0.1) is 11.8 Å². The lowest BCUT2D eigenvalue weighted by Gasteiger charge is -2.22. The smallest absolute Gasteiger partial charge is 0.269 e. The maximum Gasteiger partial charge on any atom is 0.269 e. The van der Waals surface area contributed by atoms with E-state index in [-0.39, 0.29) is 11.4 Å². The first-order valence-electron chi connectivity index (χ1n) is 7.04. The zero-order chi connectivity index (χ0) is 17.7. The molecule has 0 heterocycles. The Balaban J connectivity index is 1.96. The van der Waals surface area contributed by atoms with Crippen LogP contribution in [0.3, 0.4) is 0 Å². The van der Waals surface area contributed by atoms with E-state index in [0.717, 1.165) is 4.90 Å². The molecular formula is C16H17N3O4S. The van der Waals surface area contributed by atoms with Gasteiger partial charge in [0.15, 0.2) is 0 Å². The molecule has 24 heavy (non-hydrogen) atoms. The Morgan fingerprint density at radius 1 is 1.25 bits per heavy atom. The lowest BCUT2D eigenvalue weighted by Crippen LogP contribution is -2.42. The second-order valence-corrected chi connectivity index (χ2v) is 6.44. The van der Waals surface area contributed by atoms with Crippen LogP contribution in [0.25, 0.3) is 0 Å². The second kappa shape index (κ2) is 7.33. The van der Waals surface area contributed by atoms with Crippen molar-refractivity contribution in [2.45, 2.75) is 17.4 Å². The molecule has 2 aromatic rings. The van der Waals surface area contributed by atoms with Crippen LogP contribution in [0.1, 0.15) is 6.92 Å². The average molecular weight is 347 g/mol. The number of rotatable bonds is 6. The quantitative estimate of drug-likeness (QED) is 0.320. The van der Waals surface area contributed by atoms with Gasteiger partial charge in [-0.05, 0) is 43.3 Å². The molecule has 0 spiro atoms. The van der Waals surface area contributed by atoms with Gasteiger partial charge in [0.05, 0.1) is 4.92 Å². The highest BCUT2D eigenvalue weighted by Gasteiger charge is 2.30. The van der Waals surface area contributed by atoms with Gasteiger partial charge in [-0.2, -0.15) is 0 Å². The molecule has 0 aliphatic heterocycles. The van der Waals surface area contributed by atoms with E-state index in [0.29, 0.717) is 11.4 Å². The van der Waals surface area contributed by atoms with E-state index in [1.807, 2.05) is 12.1 Å². The number of carbonyl (C=O) groups is 1. The number of aliphatic hydroxyl groups is 1. The van der Waals surface area contributed by atoms with Crippen LogP contribution in [0.15, 0.2) is 53.4 Å². The van der Waals surface area contributed by atoms with Gasteiger partial charge in [0.25, 0.3) is 11.6 Å². The van der Waals surface area contributed by atoms with Gasteiger partial charge in [-0.1, -0.05) is 0 Å². The Bertz CT molecular complexity index is 730. The van der Waals surface area contributed by atoms with Crippen LogP contribution in [-0.2, 0) is 4.79 Å². The number of nitrogens with zero attached hydrogens (tertiary/aromatic N) is 1. The molecule has 126 valence electrons. The molecule has 8 heteroatoms. The normalized spacial score (nSPS) is 13.1. The van der Waals surface area contributed by atoms with Crippen molar-refractivity contribution < 1.29 is 14.8 Å². The van der Waals surface area contributed by atoms with Crippen LogP contribution in [0.2, 0.25) is 0 Å². The third-order valence-corrected chi connectivity index (χ3v) is 4.54. The maximum absolute atomic E-state index is 12.2. The first-order valence-corrected chi connectivity index (χ1v) is 8.03. The van der Waals surface area contributed by atoms with Gasteiger partial charge >= 0.3 is 0 Å². The number of benzene rings is 2. The first kappa shape index (κ1) is 17.8. The average Bonchev–Trinajstić information content (AvgIpc) is 2.55. The van der Waals surface area contributed by atoms with E-state index in [9.17, 15) is 20.0 Å². The second-order valence-electron chi connectivity index (χ2n) is 5.39. The number of amides is 1. The standard InChI is InChI=1S/C16H17N3O4S/c1-16(21,10-24-14-8-2-11(17)3-9-14)15(20)18-12-4-6-13(7-5-12)19(22)23/h2-9,21H,10,17H2,1H3,(H,18,20)/t16-/m1/s1. The number of nitrogens with two attached hydrogens (primary N) is 1. The Kier molecular flexibility index (Phi) is 5.42. The summed E-state index contributed by atoms with van der Waals surface area (Å²) in [6.45, 7) is 1.41. The highest BCUT2D eigenvalue weighted by atomic mass is 32.2. The predicted octanol–water partition coefficient (Wildman–Crippen LogP) is 2.66. The van der Waals surface area contributed by atoms with Crippen molar-refractivity contribution in [3.8, 4) is 0 Å². The van der Waals surface area contributed by atoms with Gasteiger partial charge in [0.1, 0.15) is 5.60 Å². The number of nitrogen functional groups attached to an aromatic ring is 1. The van der Waals surface area contributed by atoms with Crippen LogP contribution in [-0.4, -0.2) is 27.3 Å². The molecule has 7 nitrogen and oxygen atoms in total. The van der Waals surface area contributed by atoms with Crippen molar-refractivity contribution >= 4 is 34.7 Å². The zero-order valence-corrected chi connectivity index (χ0v) is 13.7. The fraction of sp³-hybridized carbons (Fsp3) is 0.188. The van der Waals surface area contributed by atoms with Crippen molar-refractivity contribution in [2.75, 3.05) is 16.8 Å². The molecule has 0 radical (unpaired) electrons. The van der Waals surface area contributed by atoms with Crippen LogP contribution in [0.5, 0.6) is 0 Å². The van der Waals surface area contributed by atoms with Crippen LogP contribution >= 0.6 is 11.8 Å². The number of anilines is 2. The van der Waals surface area contributed by atoms with E-state index in [4.69, 9.17) is 5.73 Å². The molecular weight excluding hydrogens is 330 g/mol. The van der Waals surface area contributed by atoms with Crippen molar-refractivity contribution in [2.24, 2.45) is 0 Å². The molecule has 0 unspecified atom stereocenters. The van der Waals surface area contributed by atoms with E-state index in [2.05, 4.69) is 5.32 Å².